The molecule has 1 N–H and O–H groups in total. The Balaban J connectivity index is 1.67. The Bertz CT molecular complexity index is 639. The minimum atomic E-state index is -0.145. The van der Waals surface area contributed by atoms with E-state index in [2.05, 4.69) is 35.5 Å². The second kappa shape index (κ2) is 5.86. The molecular weight excluding hydrogens is 263 g/mol. The molecule has 0 aliphatic carbocycles. The number of hydrogen-bond acceptors (Lipinski definition) is 2. The van der Waals surface area contributed by atoms with Gasteiger partial charge in [0.05, 0.1) is 0 Å². The minimum Gasteiger partial charge on any atom is -0.374 e. The van der Waals surface area contributed by atoms with Crippen molar-refractivity contribution < 1.29 is 4.39 Å². The Kier molecular flexibility index (Phi) is 3.93. The Hall–Kier alpha value is -1.87. The Labute approximate surface area is 125 Å². The van der Waals surface area contributed by atoms with Crippen LogP contribution in [0.3, 0.4) is 0 Å². The fourth-order valence-corrected chi connectivity index (χ4v) is 2.94. The predicted octanol–water partition coefficient (Wildman–Crippen LogP) is 3.67. The lowest BCUT2D eigenvalue weighted by Gasteiger charge is -2.16. The van der Waals surface area contributed by atoms with Crippen molar-refractivity contribution in [1.29, 1.82) is 0 Å². The maximum Gasteiger partial charge on any atom is 0.127 e. The molecule has 0 saturated heterocycles. The summed E-state index contributed by atoms with van der Waals surface area (Å²) < 4.78 is 13.7. The van der Waals surface area contributed by atoms with Crippen molar-refractivity contribution >= 4 is 5.69 Å². The van der Waals surface area contributed by atoms with Crippen LogP contribution in [0.25, 0.3) is 0 Å². The third kappa shape index (κ3) is 2.93. The molecule has 0 radical (unpaired) electrons. The highest BCUT2D eigenvalue weighted by Crippen LogP contribution is 2.27. The Morgan fingerprint density at radius 3 is 2.86 bits per heavy atom. The average Bonchev–Trinajstić information content (AvgIpc) is 2.86. The number of benzene rings is 2. The maximum atomic E-state index is 13.7. The van der Waals surface area contributed by atoms with Crippen molar-refractivity contribution in [3.63, 3.8) is 0 Å². The van der Waals surface area contributed by atoms with Crippen LogP contribution in [0, 0.1) is 5.82 Å². The highest BCUT2D eigenvalue weighted by Gasteiger charge is 2.16. The molecule has 1 aliphatic rings. The molecule has 3 heteroatoms. The molecule has 2 aromatic carbocycles. The number of nitrogens with one attached hydrogen (secondary N) is 1. The van der Waals surface area contributed by atoms with Gasteiger partial charge in [0.2, 0.25) is 0 Å². The van der Waals surface area contributed by atoms with Gasteiger partial charge in [0.15, 0.2) is 0 Å². The summed E-state index contributed by atoms with van der Waals surface area (Å²) in [6, 6.07) is 13.6. The predicted molar refractivity (Wildman–Crippen MR) is 85.1 cm³/mol. The monoisotopic (exact) mass is 284 g/mol. The van der Waals surface area contributed by atoms with Crippen molar-refractivity contribution in [2.45, 2.75) is 25.9 Å². The number of anilines is 1. The van der Waals surface area contributed by atoms with Gasteiger partial charge < -0.3 is 10.2 Å². The van der Waals surface area contributed by atoms with Gasteiger partial charge in [0, 0.05) is 37.4 Å². The summed E-state index contributed by atoms with van der Waals surface area (Å²) in [4.78, 5) is 2.29. The van der Waals surface area contributed by atoms with Crippen molar-refractivity contribution in [2.24, 2.45) is 0 Å². The summed E-state index contributed by atoms with van der Waals surface area (Å²) in [5, 5.41) is 3.40. The van der Waals surface area contributed by atoms with Gasteiger partial charge >= 0.3 is 0 Å². The zero-order valence-electron chi connectivity index (χ0n) is 12.6. The van der Waals surface area contributed by atoms with E-state index in [0.717, 1.165) is 25.1 Å². The normalized spacial score (nSPS) is 15.1. The molecule has 0 amide bonds. The molecule has 110 valence electrons. The van der Waals surface area contributed by atoms with E-state index in [4.69, 9.17) is 0 Å². The molecule has 0 spiro atoms. The van der Waals surface area contributed by atoms with E-state index >= 15 is 0 Å². The first-order valence-corrected chi connectivity index (χ1v) is 7.46. The quantitative estimate of drug-likeness (QED) is 0.921. The zero-order valence-corrected chi connectivity index (χ0v) is 12.6. The first-order chi connectivity index (χ1) is 10.1. The van der Waals surface area contributed by atoms with E-state index in [0.29, 0.717) is 0 Å². The molecule has 0 aromatic heterocycles. The second-order valence-electron chi connectivity index (χ2n) is 5.76. The van der Waals surface area contributed by atoms with Crippen molar-refractivity contribution in [1.82, 2.24) is 5.32 Å². The molecule has 21 heavy (non-hydrogen) atoms. The molecule has 1 heterocycles. The van der Waals surface area contributed by atoms with E-state index in [-0.39, 0.29) is 11.9 Å². The van der Waals surface area contributed by atoms with Gasteiger partial charge in [-0.05, 0) is 36.6 Å². The molecule has 1 aliphatic heterocycles. The largest absolute Gasteiger partial charge is 0.374 e. The number of hydrogen-bond donors (Lipinski definition) is 1. The summed E-state index contributed by atoms with van der Waals surface area (Å²) >= 11 is 0. The molecule has 0 saturated carbocycles. The van der Waals surface area contributed by atoms with Crippen LogP contribution in [0.4, 0.5) is 10.1 Å². The van der Waals surface area contributed by atoms with Gasteiger partial charge in [-0.25, -0.2) is 4.39 Å². The van der Waals surface area contributed by atoms with Gasteiger partial charge in [-0.3, -0.25) is 0 Å². The van der Waals surface area contributed by atoms with Crippen LogP contribution in [-0.4, -0.2) is 13.6 Å². The van der Waals surface area contributed by atoms with Crippen LogP contribution in [0.2, 0.25) is 0 Å². The molecule has 0 unspecified atom stereocenters. The number of fused-ring (bicyclic) bond motifs is 1. The van der Waals surface area contributed by atoms with Crippen LogP contribution < -0.4 is 10.2 Å². The van der Waals surface area contributed by atoms with Gasteiger partial charge in [-0.1, -0.05) is 30.3 Å². The lowest BCUT2D eigenvalue weighted by atomic mass is 10.1. The minimum absolute atomic E-state index is 0.00197. The summed E-state index contributed by atoms with van der Waals surface area (Å²) in [5.41, 5.74) is 4.72. The van der Waals surface area contributed by atoms with Crippen LogP contribution in [0.5, 0.6) is 0 Å². The Morgan fingerprint density at radius 1 is 1.24 bits per heavy atom. The van der Waals surface area contributed by atoms with Crippen molar-refractivity contribution in [3.8, 4) is 0 Å². The molecule has 2 aromatic rings. The molecule has 0 bridgehead atoms. The van der Waals surface area contributed by atoms with Crippen LogP contribution >= 0.6 is 0 Å². The van der Waals surface area contributed by atoms with Gasteiger partial charge in [-0.2, -0.15) is 0 Å². The Morgan fingerprint density at radius 2 is 2.05 bits per heavy atom. The fraction of sp³-hybridized carbons (Fsp3) is 0.333. The van der Waals surface area contributed by atoms with Crippen molar-refractivity contribution in [3.05, 3.63) is 65.0 Å². The topological polar surface area (TPSA) is 15.3 Å². The maximum absolute atomic E-state index is 13.7. The summed E-state index contributed by atoms with van der Waals surface area (Å²) in [7, 11) is 2.13. The van der Waals surface area contributed by atoms with Gasteiger partial charge in [0.1, 0.15) is 5.82 Å². The van der Waals surface area contributed by atoms with Gasteiger partial charge in [0.25, 0.3) is 0 Å². The molecule has 2 nitrogen and oxygen atoms in total. The number of rotatable bonds is 4. The lowest BCUT2D eigenvalue weighted by molar-refractivity contribution is 0.528. The smallest absolute Gasteiger partial charge is 0.127 e. The first-order valence-electron chi connectivity index (χ1n) is 7.46. The zero-order chi connectivity index (χ0) is 14.8. The van der Waals surface area contributed by atoms with Gasteiger partial charge in [-0.15, -0.1) is 0 Å². The molecular formula is C18H21FN2. The van der Waals surface area contributed by atoms with E-state index in [1.54, 1.807) is 6.07 Å². The van der Waals surface area contributed by atoms with Crippen LogP contribution in [-0.2, 0) is 13.0 Å². The fourth-order valence-electron chi connectivity index (χ4n) is 2.94. The van der Waals surface area contributed by atoms with E-state index in [1.807, 2.05) is 19.1 Å². The highest BCUT2D eigenvalue weighted by molar-refractivity contribution is 5.58. The molecule has 1 atom stereocenters. The van der Waals surface area contributed by atoms with E-state index in [9.17, 15) is 4.39 Å². The van der Waals surface area contributed by atoms with Crippen molar-refractivity contribution in [2.75, 3.05) is 18.5 Å². The third-order valence-electron chi connectivity index (χ3n) is 4.26. The average molecular weight is 284 g/mol. The lowest BCUT2D eigenvalue weighted by Crippen LogP contribution is -2.19. The SMILES string of the molecule is C[C@@H](NCc1ccc2c(c1)CCN2C)c1ccccc1F. The van der Waals surface area contributed by atoms with E-state index in [1.165, 1.54) is 22.9 Å². The standard InChI is InChI=1S/C18H21FN2/c1-13(16-5-3-4-6-17(16)19)20-12-14-7-8-18-15(11-14)9-10-21(18)2/h3-8,11,13,20H,9-10,12H2,1-2H3/t13-/m1/s1. The first kappa shape index (κ1) is 14.1. The number of halogens is 1. The molecule has 0 fully saturated rings. The van der Waals surface area contributed by atoms with E-state index < -0.39 is 0 Å². The van der Waals surface area contributed by atoms with Crippen LogP contribution in [0.1, 0.15) is 29.7 Å². The molecule has 3 rings (SSSR count). The number of likely N-dealkylation sites (N-methyl/N-ethyl adjacent to an activating group) is 1. The summed E-state index contributed by atoms with van der Waals surface area (Å²) in [5.74, 6) is -0.145. The third-order valence-corrected chi connectivity index (χ3v) is 4.26. The second-order valence-corrected chi connectivity index (χ2v) is 5.76. The summed E-state index contributed by atoms with van der Waals surface area (Å²) in [6.07, 6.45) is 1.11. The van der Waals surface area contributed by atoms with Crippen LogP contribution in [0.15, 0.2) is 42.5 Å². The summed E-state index contributed by atoms with van der Waals surface area (Å²) in [6.45, 7) is 3.85. The highest BCUT2D eigenvalue weighted by atomic mass is 19.1. The number of nitrogens with zero attached hydrogens (tertiary/aromatic N) is 1.